The van der Waals surface area contributed by atoms with Crippen molar-refractivity contribution < 1.29 is 9.13 Å². The van der Waals surface area contributed by atoms with E-state index in [4.69, 9.17) is 39.5 Å². The number of rotatable bonds is 2. The molecule has 0 radical (unpaired) electrons. The predicted molar refractivity (Wildman–Crippen MR) is 61.3 cm³/mol. The summed E-state index contributed by atoms with van der Waals surface area (Å²) >= 11 is 16.8. The largest absolute Gasteiger partial charge is 0.433 e. The Morgan fingerprint density at radius 3 is 2.65 bits per heavy atom. The summed E-state index contributed by atoms with van der Waals surface area (Å²) in [6.45, 7) is 0. The zero-order valence-corrected chi connectivity index (χ0v) is 10.3. The van der Waals surface area contributed by atoms with Crippen molar-refractivity contribution in [2.45, 2.75) is 0 Å². The van der Waals surface area contributed by atoms with E-state index >= 15 is 0 Å². The summed E-state index contributed by atoms with van der Waals surface area (Å²) in [5.74, 6) is -0.997. The molecule has 4 nitrogen and oxygen atoms in total. The minimum atomic E-state index is -0.722. The molecule has 0 saturated heterocycles. The lowest BCUT2D eigenvalue weighted by Gasteiger charge is -2.06. The minimum Gasteiger partial charge on any atom is -0.433 e. The van der Waals surface area contributed by atoms with Gasteiger partial charge in [-0.25, -0.2) is 4.39 Å². The zero-order valence-electron chi connectivity index (χ0n) is 7.99. The van der Waals surface area contributed by atoms with Crippen LogP contribution in [0.25, 0.3) is 0 Å². The van der Waals surface area contributed by atoms with Crippen LogP contribution < -0.4 is 4.74 Å². The Kier molecular flexibility index (Phi) is 3.61. The summed E-state index contributed by atoms with van der Waals surface area (Å²) in [7, 11) is 0. The fourth-order valence-electron chi connectivity index (χ4n) is 1.01. The molecule has 88 valence electrons. The summed E-state index contributed by atoms with van der Waals surface area (Å²) in [6.07, 6.45) is 0. The number of hydrogen-bond acceptors (Lipinski definition) is 4. The maximum atomic E-state index is 13.5. The van der Waals surface area contributed by atoms with E-state index in [0.29, 0.717) is 0 Å². The molecule has 0 fully saturated rings. The molecule has 0 atom stereocenters. The van der Waals surface area contributed by atoms with Crippen LogP contribution in [-0.2, 0) is 0 Å². The van der Waals surface area contributed by atoms with Crippen molar-refractivity contribution in [1.82, 2.24) is 15.2 Å². The van der Waals surface area contributed by atoms with Crippen LogP contribution in [0.2, 0.25) is 15.5 Å². The number of nitrogens with zero attached hydrogens (tertiary/aromatic N) is 3. The van der Waals surface area contributed by atoms with Crippen molar-refractivity contribution in [2.24, 2.45) is 0 Å². The van der Waals surface area contributed by atoms with Crippen LogP contribution >= 0.6 is 34.8 Å². The molecule has 2 aromatic rings. The summed E-state index contributed by atoms with van der Waals surface area (Å²) in [4.78, 5) is 3.67. The maximum Gasteiger partial charge on any atom is 0.262 e. The molecule has 0 bridgehead atoms. The predicted octanol–water partition coefficient (Wildman–Crippen LogP) is 3.76. The van der Waals surface area contributed by atoms with Crippen LogP contribution in [0.3, 0.4) is 0 Å². The Morgan fingerprint density at radius 2 is 1.88 bits per heavy atom. The highest BCUT2D eigenvalue weighted by Gasteiger charge is 2.13. The molecule has 8 heteroatoms. The van der Waals surface area contributed by atoms with Gasteiger partial charge in [0.15, 0.2) is 11.6 Å². The van der Waals surface area contributed by atoms with E-state index in [2.05, 4.69) is 15.2 Å². The Bertz CT molecular complexity index is 567. The first-order chi connectivity index (χ1) is 8.08. The molecule has 0 spiro atoms. The Labute approximate surface area is 110 Å². The van der Waals surface area contributed by atoms with E-state index in [1.54, 1.807) is 0 Å². The molecular weight excluding hydrogens is 291 g/mol. The maximum absolute atomic E-state index is 13.5. The number of aromatic nitrogens is 3. The van der Waals surface area contributed by atoms with Gasteiger partial charge in [-0.2, -0.15) is 4.98 Å². The van der Waals surface area contributed by atoms with Crippen molar-refractivity contribution in [3.63, 3.8) is 0 Å². The molecule has 17 heavy (non-hydrogen) atoms. The van der Waals surface area contributed by atoms with Crippen LogP contribution in [0, 0.1) is 5.82 Å². The molecule has 0 saturated carbocycles. The molecule has 0 aliphatic carbocycles. The van der Waals surface area contributed by atoms with Gasteiger partial charge in [0.2, 0.25) is 10.4 Å². The van der Waals surface area contributed by atoms with Gasteiger partial charge in [-0.3, -0.25) is 0 Å². The second-order valence-corrected chi connectivity index (χ2v) is 3.93. The first-order valence-electron chi connectivity index (χ1n) is 4.25. The van der Waals surface area contributed by atoms with Crippen LogP contribution in [0.4, 0.5) is 4.39 Å². The molecule has 1 aromatic carbocycles. The molecule has 0 N–H and O–H groups in total. The van der Waals surface area contributed by atoms with Crippen molar-refractivity contribution in [2.75, 3.05) is 0 Å². The third kappa shape index (κ3) is 2.74. The van der Waals surface area contributed by atoms with Crippen LogP contribution in [0.1, 0.15) is 0 Å². The SMILES string of the molecule is Fc1c(Cl)cccc1Oc1nc(Cl)nnc1Cl. The molecule has 1 aromatic heterocycles. The van der Waals surface area contributed by atoms with Gasteiger partial charge in [0.1, 0.15) is 0 Å². The van der Waals surface area contributed by atoms with Gasteiger partial charge in [-0.1, -0.05) is 29.3 Å². The van der Waals surface area contributed by atoms with E-state index in [0.717, 1.165) is 0 Å². The van der Waals surface area contributed by atoms with Gasteiger partial charge in [0, 0.05) is 0 Å². The van der Waals surface area contributed by atoms with E-state index in [9.17, 15) is 4.39 Å². The molecule has 0 aliphatic rings. The zero-order chi connectivity index (χ0) is 12.4. The fourth-order valence-corrected chi connectivity index (χ4v) is 1.41. The first kappa shape index (κ1) is 12.3. The summed E-state index contributed by atoms with van der Waals surface area (Å²) in [6, 6.07) is 4.27. The van der Waals surface area contributed by atoms with E-state index in [-0.39, 0.29) is 27.1 Å². The number of ether oxygens (including phenoxy) is 1. The number of halogens is 4. The lowest BCUT2D eigenvalue weighted by molar-refractivity contribution is 0.424. The van der Waals surface area contributed by atoms with Gasteiger partial charge in [-0.05, 0) is 23.7 Å². The molecule has 0 amide bonds. The first-order valence-corrected chi connectivity index (χ1v) is 5.39. The van der Waals surface area contributed by atoms with Gasteiger partial charge < -0.3 is 4.74 Å². The lowest BCUT2D eigenvalue weighted by atomic mass is 10.3. The van der Waals surface area contributed by atoms with Crippen molar-refractivity contribution in [3.8, 4) is 11.6 Å². The Balaban J connectivity index is 2.38. The van der Waals surface area contributed by atoms with E-state index in [1.165, 1.54) is 18.2 Å². The second-order valence-electron chi connectivity index (χ2n) is 2.83. The van der Waals surface area contributed by atoms with Crippen molar-refractivity contribution >= 4 is 34.8 Å². The molecular formula is C9H3Cl3FN3O. The number of hydrogen-bond donors (Lipinski definition) is 0. The van der Waals surface area contributed by atoms with Gasteiger partial charge in [0.05, 0.1) is 5.02 Å². The summed E-state index contributed by atoms with van der Waals surface area (Å²) in [5.41, 5.74) is 0. The highest BCUT2D eigenvalue weighted by molar-refractivity contribution is 6.31. The van der Waals surface area contributed by atoms with Crippen molar-refractivity contribution in [3.05, 3.63) is 39.5 Å². The molecule has 1 heterocycles. The standard InChI is InChI=1S/C9H3Cl3FN3O/c10-4-2-1-3-5(6(4)13)17-8-7(11)15-16-9(12)14-8/h1-3H. The summed E-state index contributed by atoms with van der Waals surface area (Å²) in [5, 5.41) is 6.49. The Hall–Kier alpha value is -1.17. The lowest BCUT2D eigenvalue weighted by Crippen LogP contribution is -1.96. The highest BCUT2D eigenvalue weighted by Crippen LogP contribution is 2.30. The smallest absolute Gasteiger partial charge is 0.262 e. The average molecular weight is 294 g/mol. The van der Waals surface area contributed by atoms with Crippen LogP contribution in [-0.4, -0.2) is 15.2 Å². The topological polar surface area (TPSA) is 47.9 Å². The third-order valence-corrected chi connectivity index (χ3v) is 2.40. The minimum absolute atomic E-state index is 0.0771. The molecule has 2 rings (SSSR count). The van der Waals surface area contributed by atoms with Gasteiger partial charge >= 0.3 is 0 Å². The normalized spacial score (nSPS) is 10.4. The summed E-state index contributed by atoms with van der Waals surface area (Å²) < 4.78 is 18.6. The Morgan fingerprint density at radius 1 is 1.12 bits per heavy atom. The number of benzene rings is 1. The van der Waals surface area contributed by atoms with Crippen LogP contribution in [0.15, 0.2) is 18.2 Å². The van der Waals surface area contributed by atoms with Crippen molar-refractivity contribution in [1.29, 1.82) is 0 Å². The van der Waals surface area contributed by atoms with Crippen LogP contribution in [0.5, 0.6) is 11.6 Å². The highest BCUT2D eigenvalue weighted by atomic mass is 35.5. The van der Waals surface area contributed by atoms with E-state index in [1.807, 2.05) is 0 Å². The third-order valence-electron chi connectivity index (χ3n) is 1.71. The van der Waals surface area contributed by atoms with Gasteiger partial charge in [-0.15, -0.1) is 10.2 Å². The quantitative estimate of drug-likeness (QED) is 0.846. The molecule has 0 aliphatic heterocycles. The van der Waals surface area contributed by atoms with Gasteiger partial charge in [0.25, 0.3) is 5.88 Å². The second kappa shape index (κ2) is 5.00. The van der Waals surface area contributed by atoms with E-state index < -0.39 is 5.82 Å². The monoisotopic (exact) mass is 293 g/mol. The average Bonchev–Trinajstić information content (AvgIpc) is 2.30. The molecule has 0 unspecified atom stereocenters. The fraction of sp³-hybridized carbons (Fsp3) is 0.